The van der Waals surface area contributed by atoms with E-state index in [2.05, 4.69) is 61.1 Å². The zero-order valence-electron chi connectivity index (χ0n) is 11.1. The Labute approximate surface area is 113 Å². The lowest BCUT2D eigenvalue weighted by Crippen LogP contribution is -2.20. The first kappa shape index (κ1) is 14.5. The molecule has 1 atom stereocenters. The predicted octanol–water partition coefficient (Wildman–Crippen LogP) is 4.30. The lowest BCUT2D eigenvalue weighted by Gasteiger charge is -2.20. The summed E-state index contributed by atoms with van der Waals surface area (Å²) in [6, 6.07) is 6.54. The maximum Gasteiger partial charge on any atom is 0.125 e. The van der Waals surface area contributed by atoms with Crippen LogP contribution in [0.5, 0.6) is 5.75 Å². The molecule has 0 fully saturated rings. The molecule has 1 aromatic rings. The van der Waals surface area contributed by atoms with Crippen molar-refractivity contribution in [3.63, 3.8) is 0 Å². The highest BCUT2D eigenvalue weighted by molar-refractivity contribution is 9.10. The summed E-state index contributed by atoms with van der Waals surface area (Å²) in [5, 5.41) is 3.49. The van der Waals surface area contributed by atoms with Crippen LogP contribution in [0.4, 0.5) is 0 Å². The molecule has 0 saturated carbocycles. The Hall–Kier alpha value is -0.540. The molecule has 1 rings (SSSR count). The molecule has 0 saturated heterocycles. The van der Waals surface area contributed by atoms with E-state index in [4.69, 9.17) is 4.74 Å². The minimum atomic E-state index is 0.196. The van der Waals surface area contributed by atoms with Crippen LogP contribution in [0.25, 0.3) is 0 Å². The third-order valence-corrected chi connectivity index (χ3v) is 3.00. The van der Waals surface area contributed by atoms with Crippen LogP contribution in [0.15, 0.2) is 22.7 Å². The van der Waals surface area contributed by atoms with Crippen molar-refractivity contribution >= 4 is 15.9 Å². The molecule has 1 unspecified atom stereocenters. The molecule has 0 heterocycles. The second-order valence-electron chi connectivity index (χ2n) is 4.52. The van der Waals surface area contributed by atoms with Gasteiger partial charge in [-0.05, 0) is 45.9 Å². The monoisotopic (exact) mass is 299 g/mol. The van der Waals surface area contributed by atoms with E-state index in [9.17, 15) is 0 Å². The van der Waals surface area contributed by atoms with Gasteiger partial charge in [-0.15, -0.1) is 0 Å². The van der Waals surface area contributed by atoms with Gasteiger partial charge in [-0.2, -0.15) is 0 Å². The Morgan fingerprint density at radius 2 is 2.00 bits per heavy atom. The SMILES string of the molecule is CCCNC(C)c1ccc(Br)cc1OC(C)C. The molecule has 17 heavy (non-hydrogen) atoms. The van der Waals surface area contributed by atoms with Crippen LogP contribution in [-0.2, 0) is 0 Å². The number of benzene rings is 1. The number of hydrogen-bond donors (Lipinski definition) is 1. The van der Waals surface area contributed by atoms with E-state index in [1.54, 1.807) is 0 Å². The van der Waals surface area contributed by atoms with E-state index in [-0.39, 0.29) is 6.10 Å². The van der Waals surface area contributed by atoms with E-state index in [0.717, 1.165) is 23.2 Å². The maximum atomic E-state index is 5.86. The maximum absolute atomic E-state index is 5.86. The van der Waals surface area contributed by atoms with Crippen LogP contribution < -0.4 is 10.1 Å². The first-order valence-electron chi connectivity index (χ1n) is 6.24. The number of nitrogens with one attached hydrogen (secondary N) is 1. The van der Waals surface area contributed by atoms with Crippen LogP contribution in [0.1, 0.15) is 45.7 Å². The topological polar surface area (TPSA) is 21.3 Å². The molecule has 0 radical (unpaired) electrons. The second kappa shape index (κ2) is 7.02. The summed E-state index contributed by atoms with van der Waals surface area (Å²) in [5.41, 5.74) is 1.22. The van der Waals surface area contributed by atoms with Gasteiger partial charge < -0.3 is 10.1 Å². The van der Waals surface area contributed by atoms with E-state index in [1.165, 1.54) is 5.56 Å². The van der Waals surface area contributed by atoms with Gasteiger partial charge in [0.2, 0.25) is 0 Å². The van der Waals surface area contributed by atoms with Gasteiger partial charge in [0.05, 0.1) is 6.10 Å². The molecule has 0 aliphatic heterocycles. The molecule has 0 aliphatic rings. The van der Waals surface area contributed by atoms with Crippen LogP contribution in [0.3, 0.4) is 0 Å². The average molecular weight is 300 g/mol. The van der Waals surface area contributed by atoms with Gasteiger partial charge >= 0.3 is 0 Å². The smallest absolute Gasteiger partial charge is 0.125 e. The number of hydrogen-bond acceptors (Lipinski definition) is 2. The first-order valence-corrected chi connectivity index (χ1v) is 7.03. The molecule has 96 valence electrons. The molecule has 3 heteroatoms. The van der Waals surface area contributed by atoms with Crippen molar-refractivity contribution in [1.82, 2.24) is 5.32 Å². The number of ether oxygens (including phenoxy) is 1. The van der Waals surface area contributed by atoms with Gasteiger partial charge in [-0.3, -0.25) is 0 Å². The van der Waals surface area contributed by atoms with Crippen molar-refractivity contribution in [2.75, 3.05) is 6.54 Å². The van der Waals surface area contributed by atoms with Crippen molar-refractivity contribution in [3.8, 4) is 5.75 Å². The van der Waals surface area contributed by atoms with Crippen molar-refractivity contribution in [2.24, 2.45) is 0 Å². The molecule has 2 nitrogen and oxygen atoms in total. The van der Waals surface area contributed by atoms with Crippen molar-refractivity contribution < 1.29 is 4.74 Å². The molecule has 0 spiro atoms. The summed E-state index contributed by atoms with van der Waals surface area (Å²) in [7, 11) is 0. The highest BCUT2D eigenvalue weighted by atomic mass is 79.9. The lowest BCUT2D eigenvalue weighted by molar-refractivity contribution is 0.238. The standard InChI is InChI=1S/C14H22BrNO/c1-5-8-16-11(4)13-7-6-12(15)9-14(13)17-10(2)3/h6-7,9-11,16H,5,8H2,1-4H3. The Morgan fingerprint density at radius 3 is 2.59 bits per heavy atom. The quantitative estimate of drug-likeness (QED) is 0.846. The molecule has 1 N–H and O–H groups in total. The van der Waals surface area contributed by atoms with Gasteiger partial charge in [0.1, 0.15) is 5.75 Å². The summed E-state index contributed by atoms with van der Waals surface area (Å²) in [5.74, 6) is 0.963. The van der Waals surface area contributed by atoms with Crippen LogP contribution in [-0.4, -0.2) is 12.6 Å². The van der Waals surface area contributed by atoms with E-state index >= 15 is 0 Å². The van der Waals surface area contributed by atoms with Gasteiger partial charge in [-0.25, -0.2) is 0 Å². The third-order valence-electron chi connectivity index (χ3n) is 2.51. The predicted molar refractivity (Wildman–Crippen MR) is 76.6 cm³/mol. The largest absolute Gasteiger partial charge is 0.491 e. The molecular formula is C14H22BrNO. The van der Waals surface area contributed by atoms with Gasteiger partial charge in [0, 0.05) is 16.1 Å². The second-order valence-corrected chi connectivity index (χ2v) is 5.44. The zero-order chi connectivity index (χ0) is 12.8. The fourth-order valence-corrected chi connectivity index (χ4v) is 2.03. The summed E-state index contributed by atoms with van der Waals surface area (Å²) < 4.78 is 6.91. The van der Waals surface area contributed by atoms with Gasteiger partial charge in [-0.1, -0.05) is 28.9 Å². The van der Waals surface area contributed by atoms with Gasteiger partial charge in [0.25, 0.3) is 0 Å². The third kappa shape index (κ3) is 4.68. The fourth-order valence-electron chi connectivity index (χ4n) is 1.69. The highest BCUT2D eigenvalue weighted by Gasteiger charge is 2.12. The Morgan fingerprint density at radius 1 is 1.29 bits per heavy atom. The Kier molecular flexibility index (Phi) is 6.00. The Balaban J connectivity index is 2.88. The van der Waals surface area contributed by atoms with Crippen LogP contribution in [0.2, 0.25) is 0 Å². The minimum absolute atomic E-state index is 0.196. The summed E-state index contributed by atoms with van der Waals surface area (Å²) in [6.07, 6.45) is 1.34. The number of halogens is 1. The lowest BCUT2D eigenvalue weighted by atomic mass is 10.1. The normalized spacial score (nSPS) is 12.8. The van der Waals surface area contributed by atoms with E-state index in [0.29, 0.717) is 6.04 Å². The molecule has 0 amide bonds. The van der Waals surface area contributed by atoms with Crippen molar-refractivity contribution in [2.45, 2.75) is 46.3 Å². The highest BCUT2D eigenvalue weighted by Crippen LogP contribution is 2.29. The summed E-state index contributed by atoms with van der Waals surface area (Å²) in [6.45, 7) is 9.47. The number of rotatable bonds is 6. The molecule has 0 bridgehead atoms. The summed E-state index contributed by atoms with van der Waals surface area (Å²) in [4.78, 5) is 0. The first-order chi connectivity index (χ1) is 8.04. The summed E-state index contributed by atoms with van der Waals surface area (Å²) >= 11 is 3.49. The fraction of sp³-hybridized carbons (Fsp3) is 0.571. The van der Waals surface area contributed by atoms with Crippen LogP contribution >= 0.6 is 15.9 Å². The molecule has 0 aliphatic carbocycles. The molecular weight excluding hydrogens is 278 g/mol. The molecule has 0 aromatic heterocycles. The zero-order valence-corrected chi connectivity index (χ0v) is 12.7. The van der Waals surface area contributed by atoms with E-state index < -0.39 is 0 Å². The average Bonchev–Trinajstić information content (AvgIpc) is 2.25. The molecule has 1 aromatic carbocycles. The Bertz CT molecular complexity index is 352. The van der Waals surface area contributed by atoms with Gasteiger partial charge in [0.15, 0.2) is 0 Å². The van der Waals surface area contributed by atoms with E-state index in [1.807, 2.05) is 6.07 Å². The van der Waals surface area contributed by atoms with Crippen molar-refractivity contribution in [1.29, 1.82) is 0 Å². The minimum Gasteiger partial charge on any atom is -0.491 e. The van der Waals surface area contributed by atoms with Crippen LogP contribution in [0, 0.1) is 0 Å². The van der Waals surface area contributed by atoms with Crippen molar-refractivity contribution in [3.05, 3.63) is 28.2 Å².